The zero-order chi connectivity index (χ0) is 21.7. The van der Waals surface area contributed by atoms with Gasteiger partial charge < -0.3 is 9.72 Å². The van der Waals surface area contributed by atoms with E-state index >= 15 is 0 Å². The van der Waals surface area contributed by atoms with Crippen molar-refractivity contribution in [1.29, 1.82) is 0 Å². The largest absolute Gasteiger partial charge is 0.350 e. The first kappa shape index (κ1) is 22.3. The molecule has 160 valence electrons. The number of aryl methyl sites for hydroxylation is 1. The molecule has 0 aliphatic rings. The Morgan fingerprint density at radius 3 is 2.47 bits per heavy atom. The zero-order valence-electron chi connectivity index (χ0n) is 17.0. The number of fused-ring (bicyclic) bond motifs is 1. The molecule has 7 nitrogen and oxygen atoms in total. The second-order valence-corrected chi connectivity index (χ2v) is 9.23. The van der Waals surface area contributed by atoms with Crippen molar-refractivity contribution in [3.8, 4) is 0 Å². The van der Waals surface area contributed by atoms with Crippen molar-refractivity contribution in [3.05, 3.63) is 65.1 Å². The summed E-state index contributed by atoms with van der Waals surface area (Å²) in [4.78, 5) is 16.9. The monoisotopic (exact) mass is 448 g/mol. The molecule has 0 radical (unpaired) electrons. The lowest BCUT2D eigenvalue weighted by Gasteiger charge is -2.18. The molecule has 0 aliphatic carbocycles. The summed E-state index contributed by atoms with van der Waals surface area (Å²) in [6.45, 7) is 4.82. The third kappa shape index (κ3) is 5.19. The minimum absolute atomic E-state index is 0.0927. The first-order chi connectivity index (χ1) is 14.3. The minimum Gasteiger partial charge on any atom is -0.350 e. The molecule has 2 heterocycles. The molecule has 0 atom stereocenters. The van der Waals surface area contributed by atoms with E-state index in [0.29, 0.717) is 37.5 Å². The van der Waals surface area contributed by atoms with Crippen molar-refractivity contribution in [2.75, 3.05) is 13.1 Å². The number of hydrogen-bond donors (Lipinski definition) is 1. The van der Waals surface area contributed by atoms with Gasteiger partial charge in [-0.2, -0.15) is 4.31 Å². The van der Waals surface area contributed by atoms with Crippen molar-refractivity contribution in [3.63, 3.8) is 0 Å². The maximum absolute atomic E-state index is 12.5. The standard InChI is InChI=1S/C21H25ClN4O3S/c1-3-26(4-2)30(28,29)19-9-5-16(6-10-19)7-12-21(27)23-13-18-15-25-14-17(22)8-11-20(25)24-18/h5-6,8-11,14-15H,3-4,7,12-13H2,1-2H3,(H,23,27). The molecule has 1 amide bonds. The van der Waals surface area contributed by atoms with Crippen molar-refractivity contribution in [2.24, 2.45) is 0 Å². The van der Waals surface area contributed by atoms with E-state index in [4.69, 9.17) is 11.6 Å². The Balaban J connectivity index is 1.53. The molecule has 0 unspecified atom stereocenters. The first-order valence-electron chi connectivity index (χ1n) is 9.82. The summed E-state index contributed by atoms with van der Waals surface area (Å²) in [6.07, 6.45) is 4.43. The van der Waals surface area contributed by atoms with Crippen LogP contribution in [0.1, 0.15) is 31.5 Å². The second-order valence-electron chi connectivity index (χ2n) is 6.86. The zero-order valence-corrected chi connectivity index (χ0v) is 18.6. The van der Waals surface area contributed by atoms with Crippen LogP contribution in [-0.4, -0.2) is 41.1 Å². The number of amides is 1. The maximum Gasteiger partial charge on any atom is 0.243 e. The lowest BCUT2D eigenvalue weighted by Crippen LogP contribution is -2.30. The normalized spacial score (nSPS) is 11.9. The van der Waals surface area contributed by atoms with E-state index in [-0.39, 0.29) is 10.8 Å². The summed E-state index contributed by atoms with van der Waals surface area (Å²) in [5, 5.41) is 3.48. The highest BCUT2D eigenvalue weighted by molar-refractivity contribution is 7.89. The average Bonchev–Trinajstić information content (AvgIpc) is 3.13. The van der Waals surface area contributed by atoms with Crippen LogP contribution in [0.4, 0.5) is 0 Å². The molecule has 0 fully saturated rings. The Morgan fingerprint density at radius 1 is 1.10 bits per heavy atom. The van der Waals surface area contributed by atoms with E-state index in [1.807, 2.05) is 30.5 Å². The van der Waals surface area contributed by atoms with Gasteiger partial charge in [-0.25, -0.2) is 13.4 Å². The van der Waals surface area contributed by atoms with E-state index in [0.717, 1.165) is 16.9 Å². The van der Waals surface area contributed by atoms with Crippen LogP contribution in [0.5, 0.6) is 0 Å². The summed E-state index contributed by atoms with van der Waals surface area (Å²) in [6, 6.07) is 10.3. The summed E-state index contributed by atoms with van der Waals surface area (Å²) in [7, 11) is -3.47. The Morgan fingerprint density at radius 2 is 1.80 bits per heavy atom. The molecular formula is C21H25ClN4O3S. The van der Waals surface area contributed by atoms with Crippen LogP contribution in [0.15, 0.2) is 53.7 Å². The predicted molar refractivity (Wildman–Crippen MR) is 117 cm³/mol. The van der Waals surface area contributed by atoms with Crippen LogP contribution >= 0.6 is 11.6 Å². The number of imidazole rings is 1. The van der Waals surface area contributed by atoms with Gasteiger partial charge in [0.1, 0.15) is 5.65 Å². The van der Waals surface area contributed by atoms with E-state index in [1.54, 1.807) is 36.5 Å². The van der Waals surface area contributed by atoms with Crippen LogP contribution in [0.3, 0.4) is 0 Å². The fourth-order valence-corrected chi connectivity index (χ4v) is 4.80. The van der Waals surface area contributed by atoms with Crippen LogP contribution < -0.4 is 5.32 Å². The molecule has 1 aromatic carbocycles. The number of carbonyl (C=O) groups is 1. The Hall–Kier alpha value is -2.42. The van der Waals surface area contributed by atoms with Gasteiger partial charge in [0.15, 0.2) is 0 Å². The van der Waals surface area contributed by atoms with Gasteiger partial charge in [-0.05, 0) is 36.2 Å². The predicted octanol–water partition coefficient (Wildman–Crippen LogP) is 3.27. The third-order valence-electron chi connectivity index (χ3n) is 4.84. The van der Waals surface area contributed by atoms with Crippen LogP contribution in [-0.2, 0) is 27.8 Å². The number of rotatable bonds is 9. The lowest BCUT2D eigenvalue weighted by molar-refractivity contribution is -0.121. The number of pyridine rings is 1. The van der Waals surface area contributed by atoms with Crippen molar-refractivity contribution in [1.82, 2.24) is 19.0 Å². The van der Waals surface area contributed by atoms with Crippen LogP contribution in [0.25, 0.3) is 5.65 Å². The number of nitrogens with one attached hydrogen (secondary N) is 1. The number of aromatic nitrogens is 2. The van der Waals surface area contributed by atoms with Gasteiger partial charge >= 0.3 is 0 Å². The molecule has 0 aliphatic heterocycles. The van der Waals surface area contributed by atoms with Gasteiger partial charge in [0, 0.05) is 31.9 Å². The van der Waals surface area contributed by atoms with E-state index in [2.05, 4.69) is 10.3 Å². The number of nitrogens with zero attached hydrogens (tertiary/aromatic N) is 3. The topological polar surface area (TPSA) is 83.8 Å². The van der Waals surface area contributed by atoms with Crippen LogP contribution in [0, 0.1) is 0 Å². The molecular weight excluding hydrogens is 424 g/mol. The number of benzene rings is 1. The molecule has 0 spiro atoms. The maximum atomic E-state index is 12.5. The quantitative estimate of drug-likeness (QED) is 0.544. The highest BCUT2D eigenvalue weighted by Crippen LogP contribution is 2.17. The molecule has 30 heavy (non-hydrogen) atoms. The van der Waals surface area contributed by atoms with Crippen molar-refractivity contribution < 1.29 is 13.2 Å². The summed E-state index contributed by atoms with van der Waals surface area (Å²) < 4.78 is 28.3. The summed E-state index contributed by atoms with van der Waals surface area (Å²) in [5.41, 5.74) is 2.42. The number of carbonyl (C=O) groups excluding carboxylic acids is 1. The fourth-order valence-electron chi connectivity index (χ4n) is 3.18. The Kier molecular flexibility index (Phi) is 7.12. The Labute approximate surface area is 181 Å². The van der Waals surface area contributed by atoms with Gasteiger partial charge in [0.25, 0.3) is 0 Å². The molecule has 2 aromatic heterocycles. The first-order valence-corrected chi connectivity index (χ1v) is 11.6. The average molecular weight is 449 g/mol. The summed E-state index contributed by atoms with van der Waals surface area (Å²) in [5.74, 6) is -0.0927. The molecule has 9 heteroatoms. The highest BCUT2D eigenvalue weighted by atomic mass is 35.5. The molecule has 3 rings (SSSR count). The smallest absolute Gasteiger partial charge is 0.243 e. The van der Waals surface area contributed by atoms with Gasteiger partial charge in [-0.3, -0.25) is 4.79 Å². The van der Waals surface area contributed by atoms with Gasteiger partial charge in [0.05, 0.1) is 22.2 Å². The highest BCUT2D eigenvalue weighted by Gasteiger charge is 2.21. The number of halogens is 1. The Bertz CT molecular complexity index is 1120. The van der Waals surface area contributed by atoms with Crippen molar-refractivity contribution >= 4 is 33.2 Å². The van der Waals surface area contributed by atoms with E-state index in [9.17, 15) is 13.2 Å². The molecule has 1 N–H and O–H groups in total. The SMILES string of the molecule is CCN(CC)S(=O)(=O)c1ccc(CCC(=O)NCc2cn3cc(Cl)ccc3n2)cc1. The summed E-state index contributed by atoms with van der Waals surface area (Å²) >= 11 is 5.97. The minimum atomic E-state index is -3.47. The van der Waals surface area contributed by atoms with E-state index in [1.165, 1.54) is 4.31 Å². The van der Waals surface area contributed by atoms with Crippen LogP contribution in [0.2, 0.25) is 5.02 Å². The van der Waals surface area contributed by atoms with Gasteiger partial charge in [-0.15, -0.1) is 0 Å². The van der Waals surface area contributed by atoms with Gasteiger partial charge in [0.2, 0.25) is 15.9 Å². The molecule has 0 bridgehead atoms. The number of hydrogen-bond acceptors (Lipinski definition) is 4. The molecule has 0 saturated heterocycles. The second kappa shape index (κ2) is 9.59. The third-order valence-corrected chi connectivity index (χ3v) is 7.13. The van der Waals surface area contributed by atoms with Gasteiger partial charge in [-0.1, -0.05) is 37.6 Å². The number of sulfonamides is 1. The molecule has 3 aromatic rings. The molecule has 0 saturated carbocycles. The fraction of sp³-hybridized carbons (Fsp3) is 0.333. The van der Waals surface area contributed by atoms with E-state index < -0.39 is 10.0 Å². The van der Waals surface area contributed by atoms with Crippen molar-refractivity contribution in [2.45, 2.75) is 38.1 Å². The lowest BCUT2D eigenvalue weighted by atomic mass is 10.1.